The highest BCUT2D eigenvalue weighted by Crippen LogP contribution is 1.96. The highest BCUT2D eigenvalue weighted by molar-refractivity contribution is 5.75. The van der Waals surface area contributed by atoms with E-state index in [1.54, 1.807) is 19.0 Å². The Morgan fingerprint density at radius 1 is 1.42 bits per heavy atom. The van der Waals surface area contributed by atoms with Crippen molar-refractivity contribution in [1.82, 2.24) is 4.90 Å². The van der Waals surface area contributed by atoms with Crippen molar-refractivity contribution < 1.29 is 9.53 Å². The summed E-state index contributed by atoms with van der Waals surface area (Å²) in [5.74, 6) is 0.169. The van der Waals surface area contributed by atoms with Crippen LogP contribution in [-0.4, -0.2) is 37.6 Å². The highest BCUT2D eigenvalue weighted by Gasteiger charge is 2.02. The van der Waals surface area contributed by atoms with Gasteiger partial charge in [0.2, 0.25) is 5.91 Å². The molecule has 0 aliphatic heterocycles. The van der Waals surface area contributed by atoms with Gasteiger partial charge in [-0.25, -0.2) is 0 Å². The van der Waals surface area contributed by atoms with E-state index in [0.717, 1.165) is 6.42 Å². The Kier molecular flexibility index (Phi) is 5.72. The Hall–Kier alpha value is -0.570. The third-order valence-electron chi connectivity index (χ3n) is 1.48. The average molecular weight is 173 g/mol. The van der Waals surface area contributed by atoms with Crippen LogP contribution in [0.3, 0.4) is 0 Å². The van der Waals surface area contributed by atoms with E-state index < -0.39 is 0 Å². The molecule has 12 heavy (non-hydrogen) atoms. The molecule has 0 heterocycles. The van der Waals surface area contributed by atoms with Gasteiger partial charge in [0, 0.05) is 27.1 Å². The van der Waals surface area contributed by atoms with E-state index in [1.165, 1.54) is 0 Å². The minimum Gasteiger partial charge on any atom is -0.379 e. The molecule has 0 aliphatic rings. The summed E-state index contributed by atoms with van der Waals surface area (Å²) >= 11 is 0. The molecule has 3 heteroatoms. The lowest BCUT2D eigenvalue weighted by molar-refractivity contribution is -0.129. The topological polar surface area (TPSA) is 29.5 Å². The molecule has 0 saturated carbocycles. The predicted octanol–water partition coefficient (Wildman–Crippen LogP) is 1.28. The van der Waals surface area contributed by atoms with Crippen LogP contribution in [0.4, 0.5) is 0 Å². The van der Waals surface area contributed by atoms with Crippen molar-refractivity contribution in [2.75, 3.05) is 20.7 Å². The average Bonchev–Trinajstić information content (AvgIpc) is 1.97. The molecule has 0 spiro atoms. The molecule has 0 radical (unpaired) electrons. The fourth-order valence-electron chi connectivity index (χ4n) is 0.766. The van der Waals surface area contributed by atoms with E-state index in [-0.39, 0.29) is 12.0 Å². The zero-order valence-electron chi connectivity index (χ0n) is 8.46. The van der Waals surface area contributed by atoms with Gasteiger partial charge >= 0.3 is 0 Å². The van der Waals surface area contributed by atoms with Gasteiger partial charge < -0.3 is 9.64 Å². The Bertz CT molecular complexity index is 132. The molecule has 0 aromatic carbocycles. The molecule has 0 unspecified atom stereocenters. The first-order chi connectivity index (χ1) is 5.54. The molecule has 0 N–H and O–H groups in total. The van der Waals surface area contributed by atoms with Crippen molar-refractivity contribution in [2.24, 2.45) is 0 Å². The van der Waals surface area contributed by atoms with Crippen LogP contribution in [0.5, 0.6) is 0 Å². The molecule has 0 bridgehead atoms. The molecule has 0 aromatic heterocycles. The van der Waals surface area contributed by atoms with Crippen molar-refractivity contribution in [3.05, 3.63) is 0 Å². The van der Waals surface area contributed by atoms with Gasteiger partial charge in [0.1, 0.15) is 0 Å². The smallest absolute Gasteiger partial charge is 0.222 e. The van der Waals surface area contributed by atoms with E-state index in [0.29, 0.717) is 13.0 Å². The molecular formula is C9H19NO2. The Labute approximate surface area is 74.7 Å². The zero-order valence-corrected chi connectivity index (χ0v) is 8.46. The summed E-state index contributed by atoms with van der Waals surface area (Å²) in [6.07, 6.45) is 1.66. The van der Waals surface area contributed by atoms with Crippen LogP contribution in [0, 0.1) is 0 Å². The summed E-state index contributed by atoms with van der Waals surface area (Å²) < 4.78 is 5.30. The normalized spacial score (nSPS) is 10.4. The lowest BCUT2D eigenvalue weighted by Gasteiger charge is -2.10. The van der Waals surface area contributed by atoms with Crippen LogP contribution in [-0.2, 0) is 9.53 Å². The summed E-state index contributed by atoms with van der Waals surface area (Å²) in [5, 5.41) is 0. The van der Waals surface area contributed by atoms with Crippen LogP contribution in [0.15, 0.2) is 0 Å². The van der Waals surface area contributed by atoms with Gasteiger partial charge in [-0.05, 0) is 20.3 Å². The fourth-order valence-corrected chi connectivity index (χ4v) is 0.766. The lowest BCUT2D eigenvalue weighted by Crippen LogP contribution is -2.21. The number of hydrogen-bond donors (Lipinski definition) is 0. The fraction of sp³-hybridized carbons (Fsp3) is 0.889. The van der Waals surface area contributed by atoms with Gasteiger partial charge in [-0.3, -0.25) is 4.79 Å². The summed E-state index contributed by atoms with van der Waals surface area (Å²) in [4.78, 5) is 12.7. The molecule has 0 aromatic rings. The number of amides is 1. The molecule has 1 amide bonds. The van der Waals surface area contributed by atoms with E-state index in [1.807, 2.05) is 13.8 Å². The highest BCUT2D eigenvalue weighted by atomic mass is 16.5. The summed E-state index contributed by atoms with van der Waals surface area (Å²) in [7, 11) is 3.54. The van der Waals surface area contributed by atoms with Gasteiger partial charge in [0.05, 0.1) is 6.10 Å². The Balaban J connectivity index is 3.26. The summed E-state index contributed by atoms with van der Waals surface area (Å²) in [6, 6.07) is 0. The first-order valence-electron chi connectivity index (χ1n) is 4.35. The second-order valence-corrected chi connectivity index (χ2v) is 3.31. The maximum Gasteiger partial charge on any atom is 0.222 e. The van der Waals surface area contributed by atoms with Gasteiger partial charge in [0.25, 0.3) is 0 Å². The number of rotatable bonds is 5. The number of hydrogen-bond acceptors (Lipinski definition) is 2. The minimum absolute atomic E-state index is 0.169. The second-order valence-electron chi connectivity index (χ2n) is 3.31. The first-order valence-corrected chi connectivity index (χ1v) is 4.35. The third-order valence-corrected chi connectivity index (χ3v) is 1.48. The molecule has 0 rings (SSSR count). The van der Waals surface area contributed by atoms with Crippen molar-refractivity contribution in [2.45, 2.75) is 32.8 Å². The number of ether oxygens (including phenoxy) is 1. The summed E-state index contributed by atoms with van der Waals surface area (Å²) in [6.45, 7) is 4.67. The predicted molar refractivity (Wildman–Crippen MR) is 49.0 cm³/mol. The molecule has 0 fully saturated rings. The van der Waals surface area contributed by atoms with Crippen molar-refractivity contribution in [1.29, 1.82) is 0 Å². The van der Waals surface area contributed by atoms with Crippen LogP contribution in [0.2, 0.25) is 0 Å². The molecule has 0 aliphatic carbocycles. The van der Waals surface area contributed by atoms with Gasteiger partial charge in [0.15, 0.2) is 0 Å². The number of nitrogens with zero attached hydrogens (tertiary/aromatic N) is 1. The molecule has 72 valence electrons. The van der Waals surface area contributed by atoms with Crippen LogP contribution in [0.1, 0.15) is 26.7 Å². The third kappa shape index (κ3) is 6.16. The molecule has 3 nitrogen and oxygen atoms in total. The standard InChI is InChI=1S/C9H19NO2/c1-8(2)12-7-5-6-9(11)10(3)4/h8H,5-7H2,1-4H3. The zero-order chi connectivity index (χ0) is 9.56. The molecular weight excluding hydrogens is 154 g/mol. The minimum atomic E-state index is 0.169. The maximum absolute atomic E-state index is 11.1. The van der Waals surface area contributed by atoms with Crippen LogP contribution >= 0.6 is 0 Å². The van der Waals surface area contributed by atoms with Gasteiger partial charge in [-0.15, -0.1) is 0 Å². The number of carbonyl (C=O) groups is 1. The molecule has 0 atom stereocenters. The lowest BCUT2D eigenvalue weighted by atomic mass is 10.3. The van der Waals surface area contributed by atoms with E-state index in [4.69, 9.17) is 4.74 Å². The maximum atomic E-state index is 11.1. The van der Waals surface area contributed by atoms with E-state index in [9.17, 15) is 4.79 Å². The Morgan fingerprint density at radius 3 is 2.42 bits per heavy atom. The Morgan fingerprint density at radius 2 is 2.00 bits per heavy atom. The van der Waals surface area contributed by atoms with Gasteiger partial charge in [-0.1, -0.05) is 0 Å². The van der Waals surface area contributed by atoms with Crippen molar-refractivity contribution in [3.63, 3.8) is 0 Å². The SMILES string of the molecule is CC(C)OCCCC(=O)N(C)C. The van der Waals surface area contributed by atoms with E-state index >= 15 is 0 Å². The number of carbonyl (C=O) groups excluding carboxylic acids is 1. The quantitative estimate of drug-likeness (QED) is 0.586. The molecule has 0 saturated heterocycles. The second kappa shape index (κ2) is 6.00. The van der Waals surface area contributed by atoms with Gasteiger partial charge in [-0.2, -0.15) is 0 Å². The van der Waals surface area contributed by atoms with Crippen LogP contribution in [0.25, 0.3) is 0 Å². The summed E-state index contributed by atoms with van der Waals surface area (Å²) in [5.41, 5.74) is 0. The van der Waals surface area contributed by atoms with E-state index in [2.05, 4.69) is 0 Å². The van der Waals surface area contributed by atoms with Crippen molar-refractivity contribution in [3.8, 4) is 0 Å². The largest absolute Gasteiger partial charge is 0.379 e. The van der Waals surface area contributed by atoms with Crippen LogP contribution < -0.4 is 0 Å². The monoisotopic (exact) mass is 173 g/mol. The first kappa shape index (κ1) is 11.4. The van der Waals surface area contributed by atoms with Crippen molar-refractivity contribution >= 4 is 5.91 Å².